The minimum Gasteiger partial charge on any atom is -0.455 e. The molecule has 1 aliphatic heterocycles. The quantitative estimate of drug-likeness (QED) is 0.0329. The van der Waals surface area contributed by atoms with Crippen molar-refractivity contribution < 1.29 is 63.1 Å². The SMILES string of the molecule is CCCCCCCCCCC[C@@H](O)CC(=O)O[C@H]1[C@@H](OP(=O)(O)O)O[C@H](CO)[C@@H](O)[C@@H]1OC(=O)C[C@H](O)CCCCCCCCCCC. The van der Waals surface area contributed by atoms with Gasteiger partial charge < -0.3 is 44.4 Å². The van der Waals surface area contributed by atoms with Crippen molar-refractivity contribution in [1.29, 1.82) is 0 Å². The minimum absolute atomic E-state index is 0.332. The maximum absolute atomic E-state index is 12.8. The topological polar surface area (TPSA) is 210 Å². The first-order valence-corrected chi connectivity index (χ1v) is 19.9. The van der Waals surface area contributed by atoms with Gasteiger partial charge in [-0.1, -0.05) is 129 Å². The second-order valence-electron chi connectivity index (χ2n) is 13.2. The van der Waals surface area contributed by atoms with Gasteiger partial charge in [0.05, 0.1) is 31.7 Å². The van der Waals surface area contributed by atoms with Crippen LogP contribution in [0.15, 0.2) is 0 Å². The van der Waals surface area contributed by atoms with Crippen LogP contribution in [0.3, 0.4) is 0 Å². The number of esters is 2. The molecule has 0 aromatic rings. The van der Waals surface area contributed by atoms with Gasteiger partial charge in [0, 0.05) is 0 Å². The third kappa shape index (κ3) is 21.2. The first-order chi connectivity index (χ1) is 22.9. The Balaban J connectivity index is 2.70. The van der Waals surface area contributed by atoms with E-state index >= 15 is 0 Å². The van der Waals surface area contributed by atoms with Crippen molar-refractivity contribution in [2.45, 2.75) is 198 Å². The van der Waals surface area contributed by atoms with Gasteiger partial charge in [-0.3, -0.25) is 14.1 Å². The number of unbranched alkanes of at least 4 members (excludes halogenated alkanes) is 16. The van der Waals surface area contributed by atoms with Gasteiger partial charge in [-0.25, -0.2) is 4.57 Å². The lowest BCUT2D eigenvalue weighted by atomic mass is 9.98. The van der Waals surface area contributed by atoms with Crippen LogP contribution in [-0.2, 0) is 32.9 Å². The Morgan fingerprint density at radius 2 is 1.04 bits per heavy atom. The molecule has 0 aromatic carbocycles. The highest BCUT2D eigenvalue weighted by Gasteiger charge is 2.52. The van der Waals surface area contributed by atoms with Crippen LogP contribution in [0, 0.1) is 0 Å². The van der Waals surface area contributed by atoms with Gasteiger partial charge in [0.1, 0.15) is 12.2 Å². The lowest BCUT2D eigenvalue weighted by Gasteiger charge is -2.42. The van der Waals surface area contributed by atoms with Gasteiger partial charge in [0.2, 0.25) is 6.29 Å². The number of aliphatic hydroxyl groups excluding tert-OH is 4. The van der Waals surface area contributed by atoms with Crippen LogP contribution in [0.5, 0.6) is 0 Å². The molecule has 1 fully saturated rings. The van der Waals surface area contributed by atoms with E-state index in [0.717, 1.165) is 38.5 Å². The zero-order chi connectivity index (χ0) is 35.8. The summed E-state index contributed by atoms with van der Waals surface area (Å²) in [6.45, 7) is 3.51. The molecule has 14 heteroatoms. The summed E-state index contributed by atoms with van der Waals surface area (Å²) in [7, 11) is -5.25. The van der Waals surface area contributed by atoms with Gasteiger partial charge in [-0.05, 0) is 12.8 Å². The van der Waals surface area contributed by atoms with E-state index in [0.29, 0.717) is 25.7 Å². The highest BCUT2D eigenvalue weighted by Crippen LogP contribution is 2.42. The van der Waals surface area contributed by atoms with E-state index in [1.54, 1.807) is 0 Å². The van der Waals surface area contributed by atoms with E-state index in [1.165, 1.54) is 64.2 Å². The highest BCUT2D eigenvalue weighted by molar-refractivity contribution is 7.46. The molecule has 1 saturated heterocycles. The summed E-state index contributed by atoms with van der Waals surface area (Å²) in [6.07, 6.45) is 8.42. The summed E-state index contributed by atoms with van der Waals surface area (Å²) in [4.78, 5) is 44.5. The second-order valence-corrected chi connectivity index (χ2v) is 14.4. The number of hydrogen-bond acceptors (Lipinski definition) is 11. The molecule has 0 aromatic heterocycles. The van der Waals surface area contributed by atoms with Crippen LogP contribution in [0.25, 0.3) is 0 Å². The van der Waals surface area contributed by atoms with E-state index < -0.39 is 82.1 Å². The molecule has 0 bridgehead atoms. The number of rotatable bonds is 29. The van der Waals surface area contributed by atoms with Gasteiger partial charge in [-0.15, -0.1) is 0 Å². The molecule has 0 aliphatic carbocycles. The lowest BCUT2D eigenvalue weighted by Crippen LogP contribution is -2.61. The summed E-state index contributed by atoms with van der Waals surface area (Å²) < 4.78 is 32.4. The summed E-state index contributed by atoms with van der Waals surface area (Å²) in [5, 5.41) is 41.4. The van der Waals surface area contributed by atoms with Crippen molar-refractivity contribution in [2.24, 2.45) is 0 Å². The molecule has 7 atom stereocenters. The Bertz CT molecular complexity index is 885. The summed E-state index contributed by atoms with van der Waals surface area (Å²) in [5.74, 6) is -1.95. The van der Waals surface area contributed by atoms with Crippen LogP contribution in [0.1, 0.15) is 155 Å². The molecule has 6 N–H and O–H groups in total. The number of ether oxygens (including phenoxy) is 3. The van der Waals surface area contributed by atoms with E-state index in [9.17, 15) is 44.4 Å². The van der Waals surface area contributed by atoms with Gasteiger partial charge in [0.15, 0.2) is 12.2 Å². The molecule has 48 heavy (non-hydrogen) atoms. The zero-order valence-corrected chi connectivity index (χ0v) is 30.2. The molecule has 0 radical (unpaired) electrons. The molecule has 0 saturated carbocycles. The monoisotopic (exact) mass is 712 g/mol. The fraction of sp³-hybridized carbons (Fsp3) is 0.941. The molecule has 1 rings (SSSR count). The summed E-state index contributed by atoms with van der Waals surface area (Å²) in [5.41, 5.74) is 0. The Hall–Kier alpha value is -1.15. The minimum atomic E-state index is -5.25. The number of phosphoric acid groups is 1. The number of carbonyl (C=O) groups is 2. The summed E-state index contributed by atoms with van der Waals surface area (Å²) >= 11 is 0. The van der Waals surface area contributed by atoms with Crippen molar-refractivity contribution in [2.75, 3.05) is 6.61 Å². The number of phosphoric ester groups is 1. The van der Waals surface area contributed by atoms with Gasteiger partial charge in [-0.2, -0.15) is 0 Å². The van der Waals surface area contributed by atoms with Crippen LogP contribution in [0.4, 0.5) is 0 Å². The normalized spacial score (nSPS) is 22.7. The maximum atomic E-state index is 12.8. The van der Waals surface area contributed by atoms with Gasteiger partial charge >= 0.3 is 19.8 Å². The standard InChI is InChI=1S/C34H65O13P/c1-3-5-7-9-11-13-15-17-19-21-26(36)23-29(38)45-32-31(40)28(25-35)44-34(47-48(41,42)43)33(32)46-30(39)24-27(37)22-20-18-16-14-12-10-8-6-4-2/h26-28,31-37,40H,3-25H2,1-2H3,(H2,41,42,43)/t26-,27-,28-,31-,32+,33-,34-/m1/s1. The number of hydrogen-bond donors (Lipinski definition) is 6. The number of aliphatic hydroxyl groups is 4. The van der Waals surface area contributed by atoms with Crippen LogP contribution < -0.4 is 0 Å². The first kappa shape index (κ1) is 44.9. The Labute approximate surface area is 287 Å². The maximum Gasteiger partial charge on any atom is 0.472 e. The van der Waals surface area contributed by atoms with Crippen molar-refractivity contribution in [3.63, 3.8) is 0 Å². The Kier molecular flexibility index (Phi) is 24.9. The molecule has 0 amide bonds. The fourth-order valence-corrected chi connectivity index (χ4v) is 6.33. The number of carbonyl (C=O) groups excluding carboxylic acids is 2. The van der Waals surface area contributed by atoms with Gasteiger partial charge in [0.25, 0.3) is 0 Å². The van der Waals surface area contributed by atoms with Crippen LogP contribution in [-0.4, -0.2) is 91.7 Å². The molecule has 284 valence electrons. The Morgan fingerprint density at radius 1 is 0.667 bits per heavy atom. The predicted molar refractivity (Wildman–Crippen MR) is 180 cm³/mol. The molecule has 0 unspecified atom stereocenters. The predicted octanol–water partition coefficient (Wildman–Crippen LogP) is 5.34. The molecule has 13 nitrogen and oxygen atoms in total. The van der Waals surface area contributed by atoms with E-state index in [2.05, 4.69) is 18.4 Å². The van der Waals surface area contributed by atoms with Crippen molar-refractivity contribution in [1.82, 2.24) is 0 Å². The van der Waals surface area contributed by atoms with Crippen LogP contribution >= 0.6 is 7.82 Å². The van der Waals surface area contributed by atoms with E-state index in [1.807, 2.05) is 0 Å². The molecular formula is C34H65O13P. The third-order valence-corrected chi connectivity index (χ3v) is 9.14. The Morgan fingerprint density at radius 3 is 1.42 bits per heavy atom. The smallest absolute Gasteiger partial charge is 0.455 e. The highest BCUT2D eigenvalue weighted by atomic mass is 31.2. The van der Waals surface area contributed by atoms with E-state index in [4.69, 9.17) is 14.2 Å². The van der Waals surface area contributed by atoms with Crippen molar-refractivity contribution >= 4 is 19.8 Å². The second kappa shape index (κ2) is 26.6. The zero-order valence-electron chi connectivity index (χ0n) is 29.3. The van der Waals surface area contributed by atoms with Crippen molar-refractivity contribution in [3.05, 3.63) is 0 Å². The van der Waals surface area contributed by atoms with Crippen LogP contribution in [0.2, 0.25) is 0 Å². The first-order valence-electron chi connectivity index (χ1n) is 18.3. The average Bonchev–Trinajstić information content (AvgIpc) is 3.01. The van der Waals surface area contributed by atoms with E-state index in [-0.39, 0.29) is 0 Å². The third-order valence-electron chi connectivity index (χ3n) is 8.66. The fourth-order valence-electron chi connectivity index (χ4n) is 5.89. The molecule has 1 heterocycles. The summed E-state index contributed by atoms with van der Waals surface area (Å²) in [6, 6.07) is 0. The molecule has 0 spiro atoms. The molecule has 1 aliphatic rings. The largest absolute Gasteiger partial charge is 0.472 e. The average molecular weight is 713 g/mol. The van der Waals surface area contributed by atoms with Crippen molar-refractivity contribution in [3.8, 4) is 0 Å². The lowest BCUT2D eigenvalue weighted by molar-refractivity contribution is -0.289. The molecular weight excluding hydrogens is 647 g/mol.